The van der Waals surface area contributed by atoms with Gasteiger partial charge in [-0.25, -0.2) is 4.79 Å². The predicted molar refractivity (Wildman–Crippen MR) is 44.2 cm³/mol. The molecular formula is C7H11F3N2O3. The molecule has 0 bridgehead atoms. The summed E-state index contributed by atoms with van der Waals surface area (Å²) in [7, 11) is 1.66. The minimum Gasteiger partial charge on any atom is -0.475 e. The van der Waals surface area contributed by atoms with E-state index in [1.54, 1.807) is 7.05 Å². The maximum atomic E-state index is 10.6. The molecule has 3 N–H and O–H groups in total. The number of hydrogen-bond donors (Lipinski definition) is 3. The molecule has 1 aliphatic rings. The summed E-state index contributed by atoms with van der Waals surface area (Å²) in [5.41, 5.74) is 0. The highest BCUT2D eigenvalue weighted by molar-refractivity contribution is 5.82. The quantitative estimate of drug-likeness (QED) is 0.577. The van der Waals surface area contributed by atoms with Crippen molar-refractivity contribution < 1.29 is 27.9 Å². The van der Waals surface area contributed by atoms with Crippen molar-refractivity contribution in [1.82, 2.24) is 10.6 Å². The lowest BCUT2D eigenvalue weighted by molar-refractivity contribution is -0.192. The Labute approximate surface area is 83.6 Å². The molecule has 0 saturated carbocycles. The standard InChI is InChI=1S/C5H10N2O.C2HF3O2/c1-6-5(8)4-2-3-7-4;3-2(4,5)1(6)7/h4,7H,2-3H2,1H3,(H,6,8);(H,6,7)/t4-;/m1./s1. The van der Waals surface area contributed by atoms with Crippen LogP contribution in [0.15, 0.2) is 0 Å². The van der Waals surface area contributed by atoms with E-state index in [9.17, 15) is 18.0 Å². The Balaban J connectivity index is 0.000000265. The van der Waals surface area contributed by atoms with Gasteiger partial charge in [-0.2, -0.15) is 13.2 Å². The molecule has 1 atom stereocenters. The lowest BCUT2D eigenvalue weighted by atomic mass is 10.1. The minimum absolute atomic E-state index is 0.0972. The Morgan fingerprint density at radius 2 is 1.87 bits per heavy atom. The van der Waals surface area contributed by atoms with E-state index in [0.717, 1.165) is 13.0 Å². The molecule has 0 unspecified atom stereocenters. The number of carbonyl (C=O) groups excluding carboxylic acids is 1. The highest BCUT2D eigenvalue weighted by Crippen LogP contribution is 2.13. The average Bonchev–Trinajstić information content (AvgIpc) is 2.00. The molecule has 0 radical (unpaired) electrons. The number of carbonyl (C=O) groups is 2. The molecule has 0 aromatic carbocycles. The molecule has 8 heteroatoms. The van der Waals surface area contributed by atoms with Crippen LogP contribution in [0.4, 0.5) is 13.2 Å². The van der Waals surface area contributed by atoms with Gasteiger partial charge in [0.1, 0.15) is 0 Å². The summed E-state index contributed by atoms with van der Waals surface area (Å²) in [4.78, 5) is 19.5. The second-order valence-corrected chi connectivity index (χ2v) is 2.71. The smallest absolute Gasteiger partial charge is 0.475 e. The average molecular weight is 228 g/mol. The molecule has 1 amide bonds. The molecule has 0 spiro atoms. The van der Waals surface area contributed by atoms with Crippen molar-refractivity contribution in [3.63, 3.8) is 0 Å². The number of likely N-dealkylation sites (N-methyl/N-ethyl adjacent to an activating group) is 1. The summed E-state index contributed by atoms with van der Waals surface area (Å²) in [6.45, 7) is 0.984. The SMILES string of the molecule is CNC(=O)[C@H]1CCN1.O=C(O)C(F)(F)F. The Morgan fingerprint density at radius 1 is 1.47 bits per heavy atom. The second kappa shape index (κ2) is 5.54. The third kappa shape index (κ3) is 5.21. The molecule has 5 nitrogen and oxygen atoms in total. The van der Waals surface area contributed by atoms with Crippen LogP contribution in [0, 0.1) is 0 Å². The highest BCUT2D eigenvalue weighted by atomic mass is 19.4. The first-order valence-corrected chi connectivity index (χ1v) is 4.04. The third-order valence-electron chi connectivity index (χ3n) is 1.63. The van der Waals surface area contributed by atoms with Crippen molar-refractivity contribution in [3.8, 4) is 0 Å². The molecule has 1 saturated heterocycles. The summed E-state index contributed by atoms with van der Waals surface area (Å²) in [5.74, 6) is -2.65. The first-order chi connectivity index (χ1) is 6.79. The van der Waals surface area contributed by atoms with Crippen LogP contribution in [0.1, 0.15) is 6.42 Å². The minimum atomic E-state index is -5.08. The molecule has 1 fully saturated rings. The molecule has 0 aromatic rings. The maximum absolute atomic E-state index is 10.6. The fourth-order valence-electron chi connectivity index (χ4n) is 0.687. The Hall–Kier alpha value is -1.31. The predicted octanol–water partition coefficient (Wildman–Crippen LogP) is -0.272. The summed E-state index contributed by atoms with van der Waals surface area (Å²) < 4.78 is 31.7. The number of carboxylic acid groups (broad SMARTS) is 1. The lowest BCUT2D eigenvalue weighted by Crippen LogP contribution is -2.52. The number of aliphatic carboxylic acids is 1. The topological polar surface area (TPSA) is 78.4 Å². The van der Waals surface area contributed by atoms with Crippen LogP contribution in [0.2, 0.25) is 0 Å². The molecule has 1 aliphatic heterocycles. The van der Waals surface area contributed by atoms with Crippen molar-refractivity contribution in [2.24, 2.45) is 0 Å². The zero-order valence-corrected chi connectivity index (χ0v) is 7.89. The number of halogens is 3. The van der Waals surface area contributed by atoms with Gasteiger partial charge in [-0.1, -0.05) is 0 Å². The second-order valence-electron chi connectivity index (χ2n) is 2.71. The van der Waals surface area contributed by atoms with E-state index in [2.05, 4.69) is 10.6 Å². The van der Waals surface area contributed by atoms with Crippen LogP contribution in [-0.2, 0) is 9.59 Å². The fraction of sp³-hybridized carbons (Fsp3) is 0.714. The van der Waals surface area contributed by atoms with Gasteiger partial charge in [0.15, 0.2) is 0 Å². The fourth-order valence-corrected chi connectivity index (χ4v) is 0.687. The number of alkyl halides is 3. The van der Waals surface area contributed by atoms with E-state index >= 15 is 0 Å². The number of nitrogens with one attached hydrogen (secondary N) is 2. The van der Waals surface area contributed by atoms with Gasteiger partial charge in [-0.15, -0.1) is 0 Å². The number of rotatable bonds is 1. The van der Waals surface area contributed by atoms with Crippen molar-refractivity contribution in [1.29, 1.82) is 0 Å². The van der Waals surface area contributed by atoms with Crippen molar-refractivity contribution >= 4 is 11.9 Å². The molecule has 1 heterocycles. The van der Waals surface area contributed by atoms with Gasteiger partial charge in [-0.3, -0.25) is 4.79 Å². The van der Waals surface area contributed by atoms with E-state index in [0.29, 0.717) is 0 Å². The van der Waals surface area contributed by atoms with E-state index in [1.807, 2.05) is 0 Å². The van der Waals surface area contributed by atoms with Gasteiger partial charge in [-0.05, 0) is 13.0 Å². The molecular weight excluding hydrogens is 217 g/mol. The van der Waals surface area contributed by atoms with Crippen LogP contribution in [0.25, 0.3) is 0 Å². The van der Waals surface area contributed by atoms with Crippen molar-refractivity contribution in [3.05, 3.63) is 0 Å². The number of hydrogen-bond acceptors (Lipinski definition) is 3. The highest BCUT2D eigenvalue weighted by Gasteiger charge is 2.38. The van der Waals surface area contributed by atoms with Crippen LogP contribution in [0.5, 0.6) is 0 Å². The number of amides is 1. The Bertz CT molecular complexity index is 238. The van der Waals surface area contributed by atoms with Crippen LogP contribution in [0.3, 0.4) is 0 Å². The third-order valence-corrected chi connectivity index (χ3v) is 1.63. The van der Waals surface area contributed by atoms with E-state index in [4.69, 9.17) is 9.90 Å². The van der Waals surface area contributed by atoms with Gasteiger partial charge in [0.05, 0.1) is 6.04 Å². The monoisotopic (exact) mass is 228 g/mol. The zero-order valence-electron chi connectivity index (χ0n) is 7.89. The van der Waals surface area contributed by atoms with Crippen LogP contribution < -0.4 is 10.6 Å². The lowest BCUT2D eigenvalue weighted by Gasteiger charge is -2.25. The van der Waals surface area contributed by atoms with Gasteiger partial charge in [0, 0.05) is 7.05 Å². The normalized spacial score (nSPS) is 19.3. The molecule has 0 aliphatic carbocycles. The summed E-state index contributed by atoms with van der Waals surface area (Å²) in [5, 5.41) is 12.7. The largest absolute Gasteiger partial charge is 0.490 e. The van der Waals surface area contributed by atoms with Crippen LogP contribution in [-0.4, -0.2) is 42.8 Å². The summed E-state index contributed by atoms with van der Waals surface area (Å²) >= 11 is 0. The maximum Gasteiger partial charge on any atom is 0.490 e. The van der Waals surface area contributed by atoms with Crippen molar-refractivity contribution in [2.45, 2.75) is 18.6 Å². The van der Waals surface area contributed by atoms with Crippen LogP contribution >= 0.6 is 0 Å². The van der Waals surface area contributed by atoms with E-state index in [-0.39, 0.29) is 11.9 Å². The first kappa shape index (κ1) is 13.7. The van der Waals surface area contributed by atoms with E-state index in [1.165, 1.54) is 0 Å². The van der Waals surface area contributed by atoms with Gasteiger partial charge < -0.3 is 15.7 Å². The zero-order chi connectivity index (χ0) is 12.1. The molecule has 0 aromatic heterocycles. The summed E-state index contributed by atoms with van der Waals surface area (Å²) in [6, 6.07) is 0.0972. The Morgan fingerprint density at radius 3 is 1.93 bits per heavy atom. The molecule has 88 valence electrons. The number of carboxylic acids is 1. The first-order valence-electron chi connectivity index (χ1n) is 4.04. The van der Waals surface area contributed by atoms with E-state index < -0.39 is 12.1 Å². The van der Waals surface area contributed by atoms with Gasteiger partial charge >= 0.3 is 12.1 Å². The van der Waals surface area contributed by atoms with Gasteiger partial charge in [0.25, 0.3) is 0 Å². The van der Waals surface area contributed by atoms with Crippen molar-refractivity contribution in [2.75, 3.05) is 13.6 Å². The molecule has 1 rings (SSSR count). The Kier molecular flexibility index (Phi) is 5.06. The molecule has 15 heavy (non-hydrogen) atoms. The van der Waals surface area contributed by atoms with Gasteiger partial charge in [0.2, 0.25) is 5.91 Å². The summed E-state index contributed by atoms with van der Waals surface area (Å²) in [6.07, 6.45) is -4.10.